The second-order valence-corrected chi connectivity index (χ2v) is 5.99. The first kappa shape index (κ1) is 14.7. The fraction of sp³-hybridized carbons (Fsp3) is 0.375. The number of amides is 1. The Morgan fingerprint density at radius 2 is 2.25 bits per heavy atom. The van der Waals surface area contributed by atoms with Gasteiger partial charge < -0.3 is 14.0 Å². The molecule has 0 saturated heterocycles. The third kappa shape index (κ3) is 2.31. The molecule has 0 spiro atoms. The summed E-state index contributed by atoms with van der Waals surface area (Å²) in [6.07, 6.45) is 9.71. The van der Waals surface area contributed by atoms with Crippen molar-refractivity contribution in [1.29, 1.82) is 0 Å². The largest absolute Gasteiger partial charge is 0.364 e. The monoisotopic (exact) mass is 326 g/mol. The molecule has 3 aromatic rings. The summed E-state index contributed by atoms with van der Waals surface area (Å²) in [6.45, 7) is 3.24. The van der Waals surface area contributed by atoms with Crippen LogP contribution in [0.25, 0.3) is 0 Å². The Kier molecular flexibility index (Phi) is 3.44. The number of nitrogens with zero attached hydrogens (tertiary/aromatic N) is 6. The first-order chi connectivity index (χ1) is 11.6. The zero-order valence-corrected chi connectivity index (χ0v) is 13.6. The summed E-state index contributed by atoms with van der Waals surface area (Å²) < 4.78 is 8.79. The van der Waals surface area contributed by atoms with Crippen LogP contribution in [0.5, 0.6) is 0 Å². The average Bonchev–Trinajstić information content (AvgIpc) is 3.27. The van der Waals surface area contributed by atoms with E-state index in [1.165, 1.54) is 6.26 Å². The lowest BCUT2D eigenvalue weighted by atomic mass is 10.1. The Labute approximate surface area is 138 Å². The Balaban J connectivity index is 1.82. The zero-order valence-electron chi connectivity index (χ0n) is 13.6. The molecule has 4 heterocycles. The fourth-order valence-electron chi connectivity index (χ4n) is 3.22. The average molecular weight is 326 g/mol. The van der Waals surface area contributed by atoms with Gasteiger partial charge in [0.1, 0.15) is 23.7 Å². The van der Waals surface area contributed by atoms with Gasteiger partial charge in [-0.2, -0.15) is 5.10 Å². The Hall–Kier alpha value is -2.90. The number of hydrogen-bond acceptors (Lipinski definition) is 5. The Morgan fingerprint density at radius 1 is 1.38 bits per heavy atom. The fourth-order valence-corrected chi connectivity index (χ4v) is 3.22. The molecule has 8 heteroatoms. The highest BCUT2D eigenvalue weighted by atomic mass is 16.5. The number of aryl methyl sites for hydroxylation is 3. The smallest absolute Gasteiger partial charge is 0.259 e. The molecule has 1 amide bonds. The van der Waals surface area contributed by atoms with Crippen molar-refractivity contribution < 1.29 is 9.32 Å². The van der Waals surface area contributed by atoms with Crippen LogP contribution in [0.2, 0.25) is 0 Å². The minimum Gasteiger partial charge on any atom is -0.364 e. The van der Waals surface area contributed by atoms with Crippen LogP contribution >= 0.6 is 0 Å². The van der Waals surface area contributed by atoms with Crippen LogP contribution in [0.15, 0.2) is 35.6 Å². The summed E-state index contributed by atoms with van der Waals surface area (Å²) >= 11 is 0. The molecule has 8 nitrogen and oxygen atoms in total. The van der Waals surface area contributed by atoms with Crippen LogP contribution in [0.4, 0.5) is 0 Å². The van der Waals surface area contributed by atoms with Gasteiger partial charge in [-0.1, -0.05) is 5.16 Å². The minimum absolute atomic E-state index is 0.0981. The van der Waals surface area contributed by atoms with Crippen LogP contribution in [0.3, 0.4) is 0 Å². The summed E-state index contributed by atoms with van der Waals surface area (Å²) in [5, 5.41) is 8.10. The lowest BCUT2D eigenvalue weighted by Gasteiger charge is -2.28. The molecule has 1 atom stereocenters. The second-order valence-electron chi connectivity index (χ2n) is 5.99. The highest BCUT2D eigenvalue weighted by Crippen LogP contribution is 2.31. The van der Waals surface area contributed by atoms with Gasteiger partial charge in [-0.25, -0.2) is 4.98 Å². The number of hydrogen-bond donors (Lipinski definition) is 0. The van der Waals surface area contributed by atoms with Crippen molar-refractivity contribution in [1.82, 2.24) is 29.4 Å². The van der Waals surface area contributed by atoms with Gasteiger partial charge in [0.15, 0.2) is 0 Å². The summed E-state index contributed by atoms with van der Waals surface area (Å²) in [4.78, 5) is 19.5. The highest BCUT2D eigenvalue weighted by molar-refractivity contribution is 5.95. The normalized spacial score (nSPS) is 17.6. The standard InChI is InChI=1S/C16H18N6O2/c1-11-13(10-24-19-11)16(23)22-6-3-5-21-7-4-17-15(21)14(22)12-8-18-20(2)9-12/h4,7-10,14H,3,5-6H2,1-2H3. The van der Waals surface area contributed by atoms with Crippen molar-refractivity contribution >= 4 is 5.91 Å². The number of aromatic nitrogens is 5. The van der Waals surface area contributed by atoms with Gasteiger partial charge in [-0.05, 0) is 13.3 Å². The number of rotatable bonds is 2. The molecular weight excluding hydrogens is 308 g/mol. The van der Waals surface area contributed by atoms with Crippen LogP contribution in [-0.2, 0) is 13.6 Å². The van der Waals surface area contributed by atoms with Crippen molar-refractivity contribution in [2.75, 3.05) is 6.54 Å². The number of carbonyl (C=O) groups is 1. The molecule has 124 valence electrons. The van der Waals surface area contributed by atoms with E-state index >= 15 is 0 Å². The van der Waals surface area contributed by atoms with E-state index in [0.717, 1.165) is 24.4 Å². The summed E-state index contributed by atoms with van der Waals surface area (Å²) in [7, 11) is 1.86. The number of imidazole rings is 1. The Morgan fingerprint density at radius 3 is 2.96 bits per heavy atom. The predicted octanol–water partition coefficient (Wildman–Crippen LogP) is 1.55. The lowest BCUT2D eigenvalue weighted by molar-refractivity contribution is 0.0705. The minimum atomic E-state index is -0.280. The van der Waals surface area contributed by atoms with E-state index in [1.54, 1.807) is 24.0 Å². The van der Waals surface area contributed by atoms with E-state index in [2.05, 4.69) is 19.8 Å². The first-order valence-corrected chi connectivity index (χ1v) is 7.86. The first-order valence-electron chi connectivity index (χ1n) is 7.86. The molecule has 24 heavy (non-hydrogen) atoms. The van der Waals surface area contributed by atoms with Crippen molar-refractivity contribution in [3.63, 3.8) is 0 Å². The highest BCUT2D eigenvalue weighted by Gasteiger charge is 2.34. The van der Waals surface area contributed by atoms with Crippen molar-refractivity contribution in [2.45, 2.75) is 25.9 Å². The number of fused-ring (bicyclic) bond motifs is 1. The molecule has 1 unspecified atom stereocenters. The van der Waals surface area contributed by atoms with Crippen LogP contribution < -0.4 is 0 Å². The van der Waals surface area contributed by atoms with Gasteiger partial charge in [-0.15, -0.1) is 0 Å². The van der Waals surface area contributed by atoms with Crippen LogP contribution in [0.1, 0.15) is 39.9 Å². The predicted molar refractivity (Wildman–Crippen MR) is 84.2 cm³/mol. The van der Waals surface area contributed by atoms with Gasteiger partial charge in [0.25, 0.3) is 5.91 Å². The maximum atomic E-state index is 13.1. The van der Waals surface area contributed by atoms with Gasteiger partial charge in [0.2, 0.25) is 0 Å². The molecule has 1 aliphatic heterocycles. The molecular formula is C16H18N6O2. The summed E-state index contributed by atoms with van der Waals surface area (Å²) in [5.74, 6) is 0.752. The topological polar surface area (TPSA) is 82.0 Å². The maximum absolute atomic E-state index is 13.1. The molecule has 0 N–H and O–H groups in total. The number of carbonyl (C=O) groups excluding carboxylic acids is 1. The van der Waals surface area contributed by atoms with Crippen molar-refractivity contribution in [2.24, 2.45) is 7.05 Å². The van der Waals surface area contributed by atoms with Crippen LogP contribution in [-0.4, -0.2) is 41.8 Å². The van der Waals surface area contributed by atoms with E-state index in [0.29, 0.717) is 17.8 Å². The molecule has 3 aromatic heterocycles. The van der Waals surface area contributed by atoms with Gasteiger partial charge in [-0.3, -0.25) is 9.48 Å². The van der Waals surface area contributed by atoms with E-state index in [1.807, 2.05) is 24.3 Å². The molecule has 1 aliphatic rings. The van der Waals surface area contributed by atoms with E-state index in [4.69, 9.17) is 4.52 Å². The van der Waals surface area contributed by atoms with Crippen molar-refractivity contribution in [3.8, 4) is 0 Å². The zero-order chi connectivity index (χ0) is 16.7. The van der Waals surface area contributed by atoms with Crippen molar-refractivity contribution in [3.05, 3.63) is 53.7 Å². The Bertz CT molecular complexity index is 877. The molecule has 0 radical (unpaired) electrons. The molecule has 0 aromatic carbocycles. The molecule has 0 saturated carbocycles. The molecule has 0 fully saturated rings. The third-order valence-corrected chi connectivity index (χ3v) is 4.38. The van der Waals surface area contributed by atoms with Gasteiger partial charge in [0.05, 0.1) is 11.9 Å². The van der Waals surface area contributed by atoms with Gasteiger partial charge in [0, 0.05) is 44.3 Å². The van der Waals surface area contributed by atoms with E-state index in [9.17, 15) is 4.79 Å². The molecule has 4 rings (SSSR count). The molecule has 0 aliphatic carbocycles. The van der Waals surface area contributed by atoms with E-state index < -0.39 is 0 Å². The van der Waals surface area contributed by atoms with E-state index in [-0.39, 0.29) is 11.9 Å². The van der Waals surface area contributed by atoms with Gasteiger partial charge >= 0.3 is 0 Å². The van der Waals surface area contributed by atoms with Crippen LogP contribution in [0, 0.1) is 6.92 Å². The SMILES string of the molecule is Cc1nocc1C(=O)N1CCCn2ccnc2C1c1cnn(C)c1. The second kappa shape index (κ2) is 5.63. The summed E-state index contributed by atoms with van der Waals surface area (Å²) in [5.41, 5.74) is 2.02. The third-order valence-electron chi connectivity index (χ3n) is 4.38. The summed E-state index contributed by atoms with van der Waals surface area (Å²) in [6, 6.07) is -0.280. The lowest BCUT2D eigenvalue weighted by Crippen LogP contribution is -2.36. The molecule has 0 bridgehead atoms. The maximum Gasteiger partial charge on any atom is 0.259 e. The quantitative estimate of drug-likeness (QED) is 0.713.